The van der Waals surface area contributed by atoms with E-state index in [2.05, 4.69) is 104 Å². The molecule has 7 unspecified atom stereocenters. The maximum Gasteiger partial charge on any atom is 0.220 e. The van der Waals surface area contributed by atoms with Crippen LogP contribution in [0.15, 0.2) is 97.2 Å². The van der Waals surface area contributed by atoms with Crippen LogP contribution in [0.25, 0.3) is 0 Å². The van der Waals surface area contributed by atoms with Gasteiger partial charge in [-0.15, -0.1) is 0 Å². The summed E-state index contributed by atoms with van der Waals surface area (Å²) >= 11 is 0. The molecule has 0 radical (unpaired) electrons. The molecule has 7 atom stereocenters. The van der Waals surface area contributed by atoms with Gasteiger partial charge in [0.25, 0.3) is 0 Å². The van der Waals surface area contributed by atoms with Crippen LogP contribution in [0.3, 0.4) is 0 Å². The van der Waals surface area contributed by atoms with Crippen molar-refractivity contribution < 1.29 is 39.8 Å². The van der Waals surface area contributed by atoms with Gasteiger partial charge >= 0.3 is 0 Å². The SMILES string of the molecule is CC/C=C\C/C=C\C/C=C\C/C=C\C/C=C\C/C=C\CCCCCCCCCCCCCCC(=O)NC(COC1OC(CO)C(O)C(O)C1O)C(O)/C=C/CC/C=C/CCCCCCCCCCCCCCCC. The Bertz CT molecular complexity index is 1480. The highest BCUT2D eigenvalue weighted by Gasteiger charge is 2.44. The maximum atomic E-state index is 13.1. The van der Waals surface area contributed by atoms with Crippen molar-refractivity contribution in [2.75, 3.05) is 13.2 Å². The van der Waals surface area contributed by atoms with Gasteiger partial charge in [-0.1, -0.05) is 259 Å². The van der Waals surface area contributed by atoms with E-state index in [9.17, 15) is 30.3 Å². The molecule has 0 aromatic rings. The second-order valence-corrected chi connectivity index (χ2v) is 20.8. The molecule has 0 spiro atoms. The second kappa shape index (κ2) is 53.5. The molecule has 1 amide bonds. The van der Waals surface area contributed by atoms with E-state index >= 15 is 0 Å². The van der Waals surface area contributed by atoms with E-state index < -0.39 is 49.5 Å². The van der Waals surface area contributed by atoms with Crippen LogP contribution in [0.2, 0.25) is 0 Å². The molecular weight excluding hydrogens is 923 g/mol. The summed E-state index contributed by atoms with van der Waals surface area (Å²) in [6.07, 6.45) is 70.5. The number of unbranched alkanes of at least 4 members (excludes halogenated alkanes) is 27. The summed E-state index contributed by atoms with van der Waals surface area (Å²) in [5, 5.41) is 54.6. The van der Waals surface area contributed by atoms with Gasteiger partial charge < -0.3 is 40.3 Å². The molecule has 1 heterocycles. The minimum Gasteiger partial charge on any atom is -0.394 e. The predicted octanol–water partition coefficient (Wildman–Crippen LogP) is 15.6. The molecule has 1 aliphatic heterocycles. The van der Waals surface area contributed by atoms with Crippen LogP contribution in [0, 0.1) is 0 Å². The van der Waals surface area contributed by atoms with Crippen LogP contribution < -0.4 is 5.32 Å². The number of hydrogen-bond acceptors (Lipinski definition) is 8. The first-order chi connectivity index (χ1) is 36.3. The molecule has 1 aliphatic rings. The van der Waals surface area contributed by atoms with Crippen molar-refractivity contribution in [2.45, 2.75) is 294 Å². The van der Waals surface area contributed by atoms with Gasteiger partial charge in [0, 0.05) is 6.42 Å². The number of ether oxygens (including phenoxy) is 2. The number of aliphatic hydroxyl groups is 5. The average Bonchev–Trinajstić information content (AvgIpc) is 3.40. The van der Waals surface area contributed by atoms with Crippen LogP contribution in [0.5, 0.6) is 0 Å². The first kappa shape index (κ1) is 69.1. The van der Waals surface area contributed by atoms with Gasteiger partial charge in [0.15, 0.2) is 6.29 Å². The van der Waals surface area contributed by atoms with Crippen molar-refractivity contribution in [3.63, 3.8) is 0 Å². The number of amides is 1. The molecular formula is C65H113NO8. The van der Waals surface area contributed by atoms with Crippen molar-refractivity contribution >= 4 is 5.91 Å². The highest BCUT2D eigenvalue weighted by molar-refractivity contribution is 5.76. The smallest absolute Gasteiger partial charge is 0.220 e. The summed E-state index contributed by atoms with van der Waals surface area (Å²) in [6.45, 7) is 3.66. The second-order valence-electron chi connectivity index (χ2n) is 20.8. The maximum absolute atomic E-state index is 13.1. The number of carbonyl (C=O) groups excluding carboxylic acids is 1. The lowest BCUT2D eigenvalue weighted by molar-refractivity contribution is -0.302. The average molecular weight is 1040 g/mol. The molecule has 74 heavy (non-hydrogen) atoms. The summed E-state index contributed by atoms with van der Waals surface area (Å²) in [4.78, 5) is 13.1. The Labute approximate surface area is 453 Å². The van der Waals surface area contributed by atoms with Gasteiger partial charge in [-0.2, -0.15) is 0 Å². The molecule has 9 heteroatoms. The fraction of sp³-hybridized carbons (Fsp3) is 0.738. The van der Waals surface area contributed by atoms with E-state index in [0.717, 1.165) is 77.0 Å². The number of rotatable bonds is 51. The van der Waals surface area contributed by atoms with E-state index in [1.54, 1.807) is 6.08 Å². The summed E-state index contributed by atoms with van der Waals surface area (Å²) < 4.78 is 11.3. The highest BCUT2D eigenvalue weighted by Crippen LogP contribution is 2.23. The fourth-order valence-electron chi connectivity index (χ4n) is 9.12. The Morgan fingerprint density at radius 2 is 0.851 bits per heavy atom. The lowest BCUT2D eigenvalue weighted by Gasteiger charge is -2.40. The molecule has 0 bridgehead atoms. The molecule has 426 valence electrons. The van der Waals surface area contributed by atoms with Gasteiger partial charge in [0.05, 0.1) is 25.4 Å². The lowest BCUT2D eigenvalue weighted by atomic mass is 9.99. The van der Waals surface area contributed by atoms with Crippen LogP contribution >= 0.6 is 0 Å². The molecule has 1 saturated heterocycles. The predicted molar refractivity (Wildman–Crippen MR) is 313 cm³/mol. The van der Waals surface area contributed by atoms with Gasteiger partial charge in [-0.05, 0) is 83.5 Å². The molecule has 6 N–H and O–H groups in total. The standard InChI is InChI=1S/C65H113NO8/c1-3-5-7-9-11-13-15-17-19-21-23-25-26-27-28-29-30-31-32-33-34-35-37-39-41-43-45-47-49-51-53-55-61(69)66-58(57-73-65-64(72)63(71)62(70)60(56-67)74-65)59(68)54-52-50-48-46-44-42-40-38-36-24-22-20-18-16-14-12-10-8-6-4-2/h5,7,11,13,17,19,23,25,27-28,30-31,44,46,52,54,58-60,62-65,67-68,70-72H,3-4,6,8-10,12,14-16,18,20-22,24,26,29,32-43,45,47-51,53,55-57H2,1-2H3,(H,66,69)/b7-5-,13-11-,19-17-,25-23-,28-27-,31-30-,46-44+,54-52+. The Kier molecular flexibility index (Phi) is 50.0. The third-order valence-corrected chi connectivity index (χ3v) is 13.9. The third-order valence-electron chi connectivity index (χ3n) is 13.9. The van der Waals surface area contributed by atoms with E-state index in [4.69, 9.17) is 9.47 Å². The van der Waals surface area contributed by atoms with E-state index in [0.29, 0.717) is 6.42 Å². The summed E-state index contributed by atoms with van der Waals surface area (Å²) in [5.74, 6) is -0.191. The normalized spacial score (nSPS) is 19.7. The first-order valence-electron chi connectivity index (χ1n) is 30.5. The summed E-state index contributed by atoms with van der Waals surface area (Å²) in [7, 11) is 0. The third kappa shape index (κ3) is 42.2. The van der Waals surface area contributed by atoms with Crippen LogP contribution in [-0.4, -0.2) is 87.5 Å². The van der Waals surface area contributed by atoms with E-state index in [1.165, 1.54) is 154 Å². The molecule has 9 nitrogen and oxygen atoms in total. The number of carbonyl (C=O) groups is 1. The Balaban J connectivity index is 2.21. The van der Waals surface area contributed by atoms with E-state index in [1.807, 2.05) is 6.08 Å². The Morgan fingerprint density at radius 1 is 0.473 bits per heavy atom. The molecule has 1 rings (SSSR count). The molecule has 0 aliphatic carbocycles. The van der Waals surface area contributed by atoms with Crippen molar-refractivity contribution in [1.82, 2.24) is 5.32 Å². The van der Waals surface area contributed by atoms with Gasteiger partial charge in [-0.3, -0.25) is 4.79 Å². The van der Waals surface area contributed by atoms with E-state index in [-0.39, 0.29) is 12.5 Å². The summed E-state index contributed by atoms with van der Waals surface area (Å²) in [5.41, 5.74) is 0. The van der Waals surface area contributed by atoms with Gasteiger partial charge in [-0.25, -0.2) is 0 Å². The van der Waals surface area contributed by atoms with Crippen molar-refractivity contribution in [3.05, 3.63) is 97.2 Å². The Morgan fingerprint density at radius 3 is 1.30 bits per heavy atom. The van der Waals surface area contributed by atoms with Crippen LogP contribution in [0.4, 0.5) is 0 Å². The van der Waals surface area contributed by atoms with Crippen LogP contribution in [-0.2, 0) is 14.3 Å². The summed E-state index contributed by atoms with van der Waals surface area (Å²) in [6, 6.07) is -0.829. The van der Waals surface area contributed by atoms with Gasteiger partial charge in [0.1, 0.15) is 24.4 Å². The number of nitrogens with one attached hydrogen (secondary N) is 1. The number of allylic oxidation sites excluding steroid dienone is 15. The molecule has 1 fully saturated rings. The minimum atomic E-state index is -1.58. The zero-order valence-corrected chi connectivity index (χ0v) is 47.3. The van der Waals surface area contributed by atoms with Crippen molar-refractivity contribution in [2.24, 2.45) is 0 Å². The minimum absolute atomic E-state index is 0.191. The zero-order chi connectivity index (χ0) is 53.6. The zero-order valence-electron chi connectivity index (χ0n) is 47.3. The Hall–Kier alpha value is -2.89. The quantitative estimate of drug-likeness (QED) is 0.0261. The monoisotopic (exact) mass is 1040 g/mol. The largest absolute Gasteiger partial charge is 0.394 e. The number of aliphatic hydroxyl groups excluding tert-OH is 5. The number of hydrogen-bond donors (Lipinski definition) is 6. The van der Waals surface area contributed by atoms with Crippen LogP contribution in [0.1, 0.15) is 251 Å². The first-order valence-corrected chi connectivity index (χ1v) is 30.5. The fourth-order valence-corrected chi connectivity index (χ4v) is 9.12. The topological polar surface area (TPSA) is 149 Å². The van der Waals surface area contributed by atoms with Gasteiger partial charge in [0.2, 0.25) is 5.91 Å². The van der Waals surface area contributed by atoms with Crippen molar-refractivity contribution in [3.8, 4) is 0 Å². The highest BCUT2D eigenvalue weighted by atomic mass is 16.7. The molecule has 0 saturated carbocycles. The lowest BCUT2D eigenvalue weighted by Crippen LogP contribution is -2.60. The molecule has 0 aromatic heterocycles. The van der Waals surface area contributed by atoms with Crippen molar-refractivity contribution in [1.29, 1.82) is 0 Å². The molecule has 0 aromatic carbocycles.